The molecule has 2 atom stereocenters. The van der Waals surface area contributed by atoms with E-state index < -0.39 is 6.17 Å². The maximum atomic E-state index is 12.7. The van der Waals surface area contributed by atoms with Gasteiger partial charge in [0.1, 0.15) is 6.17 Å². The lowest BCUT2D eigenvalue weighted by atomic mass is 10.2. The third kappa shape index (κ3) is 1.67. The van der Waals surface area contributed by atoms with Crippen molar-refractivity contribution >= 4 is 5.91 Å². The van der Waals surface area contributed by atoms with Gasteiger partial charge < -0.3 is 10.6 Å². The highest BCUT2D eigenvalue weighted by atomic mass is 19.1. The zero-order chi connectivity index (χ0) is 7.56. The molecule has 1 aliphatic heterocycles. The molecule has 1 rings (SSSR count). The average molecular weight is 146 g/mol. The summed E-state index contributed by atoms with van der Waals surface area (Å²) in [6, 6.07) is -0.322. The predicted octanol–water partition coefficient (Wildman–Crippen LogP) is -0.568. The summed E-state index contributed by atoms with van der Waals surface area (Å²) >= 11 is 0. The van der Waals surface area contributed by atoms with E-state index in [-0.39, 0.29) is 11.9 Å². The van der Waals surface area contributed by atoms with E-state index >= 15 is 0 Å². The van der Waals surface area contributed by atoms with E-state index in [1.807, 2.05) is 0 Å². The molecule has 1 saturated heterocycles. The molecule has 0 aromatic rings. The van der Waals surface area contributed by atoms with E-state index in [1.165, 1.54) is 6.92 Å². The smallest absolute Gasteiger partial charge is 0.217 e. The molecule has 0 bridgehead atoms. The number of nitrogens with one attached hydrogen (secondary N) is 2. The van der Waals surface area contributed by atoms with E-state index in [1.54, 1.807) is 0 Å². The molecule has 0 aromatic heterocycles. The fourth-order valence-corrected chi connectivity index (χ4v) is 1.05. The van der Waals surface area contributed by atoms with E-state index in [9.17, 15) is 9.18 Å². The van der Waals surface area contributed by atoms with Crippen molar-refractivity contribution in [2.24, 2.45) is 0 Å². The maximum Gasteiger partial charge on any atom is 0.217 e. The Morgan fingerprint density at radius 3 is 2.80 bits per heavy atom. The van der Waals surface area contributed by atoms with Crippen molar-refractivity contribution in [3.05, 3.63) is 0 Å². The Labute approximate surface area is 59.0 Å². The predicted molar refractivity (Wildman–Crippen MR) is 35.4 cm³/mol. The van der Waals surface area contributed by atoms with Gasteiger partial charge in [0, 0.05) is 20.0 Å². The summed E-state index contributed by atoms with van der Waals surface area (Å²) in [7, 11) is 0. The number of amides is 1. The Bertz CT molecular complexity index is 140. The fraction of sp³-hybridized carbons (Fsp3) is 0.833. The topological polar surface area (TPSA) is 41.1 Å². The molecule has 0 aromatic carbocycles. The Hall–Kier alpha value is -0.640. The molecule has 3 nitrogen and oxygen atoms in total. The van der Waals surface area contributed by atoms with Crippen LogP contribution in [0.1, 0.15) is 6.92 Å². The van der Waals surface area contributed by atoms with Gasteiger partial charge in [-0.2, -0.15) is 0 Å². The van der Waals surface area contributed by atoms with Crippen LogP contribution in [-0.4, -0.2) is 31.2 Å². The summed E-state index contributed by atoms with van der Waals surface area (Å²) in [6.07, 6.45) is -0.927. The third-order valence-electron chi connectivity index (χ3n) is 1.53. The van der Waals surface area contributed by atoms with Crippen LogP contribution in [0.25, 0.3) is 0 Å². The van der Waals surface area contributed by atoms with E-state index in [4.69, 9.17) is 0 Å². The van der Waals surface area contributed by atoms with Gasteiger partial charge in [-0.3, -0.25) is 4.79 Å². The maximum absolute atomic E-state index is 12.7. The van der Waals surface area contributed by atoms with E-state index in [0.29, 0.717) is 13.1 Å². The largest absolute Gasteiger partial charge is 0.349 e. The second-order valence-electron chi connectivity index (χ2n) is 2.48. The second-order valence-corrected chi connectivity index (χ2v) is 2.48. The molecule has 1 aliphatic rings. The lowest BCUT2D eigenvalue weighted by molar-refractivity contribution is -0.119. The highest BCUT2D eigenvalue weighted by molar-refractivity contribution is 5.73. The van der Waals surface area contributed by atoms with Gasteiger partial charge in [-0.1, -0.05) is 0 Å². The lowest BCUT2D eigenvalue weighted by Gasteiger charge is -2.11. The zero-order valence-corrected chi connectivity index (χ0v) is 5.86. The summed E-state index contributed by atoms with van der Waals surface area (Å²) in [5.74, 6) is -0.170. The van der Waals surface area contributed by atoms with Crippen LogP contribution in [0.3, 0.4) is 0 Å². The molecule has 58 valence electrons. The minimum Gasteiger partial charge on any atom is -0.349 e. The third-order valence-corrected chi connectivity index (χ3v) is 1.53. The minimum atomic E-state index is -0.927. The van der Waals surface area contributed by atoms with Gasteiger partial charge in [-0.15, -0.1) is 0 Å². The van der Waals surface area contributed by atoms with Gasteiger partial charge in [0.25, 0.3) is 0 Å². The van der Waals surface area contributed by atoms with Crippen LogP contribution in [0.2, 0.25) is 0 Å². The molecular weight excluding hydrogens is 135 g/mol. The van der Waals surface area contributed by atoms with Crippen LogP contribution in [0.15, 0.2) is 0 Å². The number of halogens is 1. The Balaban J connectivity index is 2.33. The number of hydrogen-bond acceptors (Lipinski definition) is 2. The van der Waals surface area contributed by atoms with Crippen LogP contribution in [0.4, 0.5) is 4.39 Å². The molecule has 0 aliphatic carbocycles. The first kappa shape index (κ1) is 7.47. The van der Waals surface area contributed by atoms with Crippen LogP contribution < -0.4 is 10.6 Å². The highest BCUT2D eigenvalue weighted by Crippen LogP contribution is 2.03. The Morgan fingerprint density at radius 2 is 2.40 bits per heavy atom. The quantitative estimate of drug-likeness (QED) is 0.520. The summed E-state index contributed by atoms with van der Waals surface area (Å²) in [5, 5.41) is 5.35. The van der Waals surface area contributed by atoms with Crippen molar-refractivity contribution in [3.8, 4) is 0 Å². The molecule has 10 heavy (non-hydrogen) atoms. The van der Waals surface area contributed by atoms with Gasteiger partial charge in [0.05, 0.1) is 6.04 Å². The van der Waals surface area contributed by atoms with Gasteiger partial charge >= 0.3 is 0 Å². The molecule has 1 amide bonds. The molecule has 0 saturated carbocycles. The van der Waals surface area contributed by atoms with Crippen LogP contribution >= 0.6 is 0 Å². The number of carbonyl (C=O) groups is 1. The molecule has 1 fully saturated rings. The van der Waals surface area contributed by atoms with Crippen molar-refractivity contribution in [2.45, 2.75) is 19.1 Å². The second kappa shape index (κ2) is 2.96. The Morgan fingerprint density at radius 1 is 1.70 bits per heavy atom. The number of hydrogen-bond donors (Lipinski definition) is 2. The number of alkyl halides is 1. The van der Waals surface area contributed by atoms with Crippen molar-refractivity contribution < 1.29 is 9.18 Å². The Kier molecular flexibility index (Phi) is 2.21. The SMILES string of the molecule is CC(=O)N[C@H]1CNC[C@H]1F. The fourth-order valence-electron chi connectivity index (χ4n) is 1.05. The molecule has 2 N–H and O–H groups in total. The van der Waals surface area contributed by atoms with Crippen molar-refractivity contribution in [1.29, 1.82) is 0 Å². The average Bonchev–Trinajstić information content (AvgIpc) is 2.15. The van der Waals surface area contributed by atoms with Gasteiger partial charge in [-0.25, -0.2) is 4.39 Å². The standard InChI is InChI=1S/C6H11FN2O/c1-4(10)9-6-3-8-2-5(6)7/h5-6,8H,2-3H2,1H3,(H,9,10)/t5-,6+/m1/s1. The highest BCUT2D eigenvalue weighted by Gasteiger charge is 2.26. The van der Waals surface area contributed by atoms with Crippen molar-refractivity contribution in [1.82, 2.24) is 10.6 Å². The molecule has 0 unspecified atom stereocenters. The first-order chi connectivity index (χ1) is 4.70. The monoisotopic (exact) mass is 146 g/mol. The van der Waals surface area contributed by atoms with E-state index in [0.717, 1.165) is 0 Å². The first-order valence-corrected chi connectivity index (χ1v) is 3.32. The number of carbonyl (C=O) groups excluding carboxylic acids is 1. The van der Waals surface area contributed by atoms with Crippen LogP contribution in [-0.2, 0) is 4.79 Å². The molecular formula is C6H11FN2O. The summed E-state index contributed by atoms with van der Waals surface area (Å²) in [5.41, 5.74) is 0. The first-order valence-electron chi connectivity index (χ1n) is 3.32. The van der Waals surface area contributed by atoms with Crippen molar-refractivity contribution in [3.63, 3.8) is 0 Å². The van der Waals surface area contributed by atoms with Gasteiger partial charge in [0.15, 0.2) is 0 Å². The molecule has 1 heterocycles. The molecule has 0 spiro atoms. The van der Waals surface area contributed by atoms with Crippen LogP contribution in [0.5, 0.6) is 0 Å². The van der Waals surface area contributed by atoms with Crippen LogP contribution in [0, 0.1) is 0 Å². The van der Waals surface area contributed by atoms with Gasteiger partial charge in [-0.05, 0) is 0 Å². The summed E-state index contributed by atoms with van der Waals surface area (Å²) in [6.45, 7) is 2.29. The zero-order valence-electron chi connectivity index (χ0n) is 5.86. The van der Waals surface area contributed by atoms with Gasteiger partial charge in [0.2, 0.25) is 5.91 Å². The number of rotatable bonds is 1. The summed E-state index contributed by atoms with van der Waals surface area (Å²) in [4.78, 5) is 10.4. The lowest BCUT2D eigenvalue weighted by Crippen LogP contribution is -2.39. The normalized spacial score (nSPS) is 32.2. The minimum absolute atomic E-state index is 0.170. The van der Waals surface area contributed by atoms with Crippen molar-refractivity contribution in [2.75, 3.05) is 13.1 Å². The molecule has 0 radical (unpaired) electrons. The van der Waals surface area contributed by atoms with E-state index in [2.05, 4.69) is 10.6 Å². The summed E-state index contributed by atoms with van der Waals surface area (Å²) < 4.78 is 12.7. The molecule has 4 heteroatoms.